The van der Waals surface area contributed by atoms with Crippen LogP contribution in [0.2, 0.25) is 0 Å². The van der Waals surface area contributed by atoms with Crippen molar-refractivity contribution in [2.24, 2.45) is 7.05 Å². The van der Waals surface area contributed by atoms with Gasteiger partial charge in [-0.2, -0.15) is 0 Å². The maximum atomic E-state index is 12.0. The van der Waals surface area contributed by atoms with E-state index in [0.717, 1.165) is 20.9 Å². The standard InChI is InChI=1S/C16H14BrNO4/c1-16(2)21-14(19)12(15(20)22-16)6-9-8-18(3)13-5-4-10(17)7-11(9)13/h4-8H,1-3H3. The highest BCUT2D eigenvalue weighted by atomic mass is 79.9. The molecule has 0 amide bonds. The highest BCUT2D eigenvalue weighted by molar-refractivity contribution is 9.10. The molecule has 1 aromatic carbocycles. The van der Waals surface area contributed by atoms with Crippen LogP contribution in [-0.4, -0.2) is 22.3 Å². The first-order valence-electron chi connectivity index (χ1n) is 6.70. The molecule has 1 fully saturated rings. The van der Waals surface area contributed by atoms with E-state index in [0.29, 0.717) is 0 Å². The number of halogens is 1. The number of esters is 2. The molecule has 0 spiro atoms. The van der Waals surface area contributed by atoms with Gasteiger partial charge in [0.25, 0.3) is 5.79 Å². The van der Waals surface area contributed by atoms with Crippen molar-refractivity contribution >= 4 is 44.8 Å². The number of rotatable bonds is 1. The van der Waals surface area contributed by atoms with Crippen LogP contribution in [0, 0.1) is 0 Å². The molecule has 0 atom stereocenters. The number of fused-ring (bicyclic) bond motifs is 1. The van der Waals surface area contributed by atoms with Crippen LogP contribution < -0.4 is 0 Å². The summed E-state index contributed by atoms with van der Waals surface area (Å²) in [4.78, 5) is 24.1. The normalized spacial score (nSPS) is 17.4. The second kappa shape index (κ2) is 4.98. The van der Waals surface area contributed by atoms with Gasteiger partial charge in [0.05, 0.1) is 0 Å². The van der Waals surface area contributed by atoms with E-state index in [1.807, 2.05) is 36.0 Å². The molecule has 0 bridgehead atoms. The van der Waals surface area contributed by atoms with Crippen molar-refractivity contribution in [3.05, 3.63) is 40.0 Å². The maximum Gasteiger partial charge on any atom is 0.348 e. The summed E-state index contributed by atoms with van der Waals surface area (Å²) in [7, 11) is 1.90. The van der Waals surface area contributed by atoms with E-state index in [4.69, 9.17) is 9.47 Å². The third-order valence-electron chi connectivity index (χ3n) is 3.40. The lowest BCUT2D eigenvalue weighted by atomic mass is 10.1. The number of aryl methyl sites for hydroxylation is 1. The van der Waals surface area contributed by atoms with Crippen LogP contribution in [0.5, 0.6) is 0 Å². The molecule has 0 N–H and O–H groups in total. The van der Waals surface area contributed by atoms with E-state index in [9.17, 15) is 9.59 Å². The van der Waals surface area contributed by atoms with E-state index >= 15 is 0 Å². The minimum atomic E-state index is -1.23. The lowest BCUT2D eigenvalue weighted by Crippen LogP contribution is -2.41. The zero-order valence-electron chi connectivity index (χ0n) is 12.3. The smallest absolute Gasteiger partial charge is 0.348 e. The molecule has 0 unspecified atom stereocenters. The second-order valence-electron chi connectivity index (χ2n) is 5.59. The van der Waals surface area contributed by atoms with Crippen molar-refractivity contribution in [1.82, 2.24) is 4.57 Å². The fourth-order valence-electron chi connectivity index (χ4n) is 2.44. The van der Waals surface area contributed by atoms with E-state index in [-0.39, 0.29) is 5.57 Å². The van der Waals surface area contributed by atoms with Crippen LogP contribution in [0.3, 0.4) is 0 Å². The Morgan fingerprint density at radius 2 is 1.82 bits per heavy atom. The molecule has 1 saturated heterocycles. The Bertz CT molecular complexity index is 810. The number of benzene rings is 1. The number of nitrogens with zero attached hydrogens (tertiary/aromatic N) is 1. The first-order valence-corrected chi connectivity index (χ1v) is 7.49. The van der Waals surface area contributed by atoms with E-state index in [1.54, 1.807) is 0 Å². The number of ether oxygens (including phenoxy) is 2. The Morgan fingerprint density at radius 3 is 2.45 bits per heavy atom. The molecule has 2 heterocycles. The van der Waals surface area contributed by atoms with Crippen molar-refractivity contribution in [2.75, 3.05) is 0 Å². The van der Waals surface area contributed by atoms with Gasteiger partial charge in [-0.1, -0.05) is 15.9 Å². The Kier molecular flexibility index (Phi) is 3.36. The van der Waals surface area contributed by atoms with E-state index in [2.05, 4.69) is 15.9 Å². The summed E-state index contributed by atoms with van der Waals surface area (Å²) in [5, 5.41) is 0.926. The molecule has 0 saturated carbocycles. The molecular formula is C16H14BrNO4. The molecule has 114 valence electrons. The van der Waals surface area contributed by atoms with Gasteiger partial charge in [0.1, 0.15) is 5.57 Å². The summed E-state index contributed by atoms with van der Waals surface area (Å²) in [6.07, 6.45) is 3.36. The summed E-state index contributed by atoms with van der Waals surface area (Å²) < 4.78 is 13.1. The number of hydrogen-bond donors (Lipinski definition) is 0. The molecule has 0 radical (unpaired) electrons. The average molecular weight is 364 g/mol. The van der Waals surface area contributed by atoms with Crippen LogP contribution in [0.15, 0.2) is 34.4 Å². The molecule has 1 aliphatic heterocycles. The van der Waals surface area contributed by atoms with Gasteiger partial charge < -0.3 is 14.0 Å². The zero-order valence-corrected chi connectivity index (χ0v) is 13.9. The maximum absolute atomic E-state index is 12.0. The average Bonchev–Trinajstić information content (AvgIpc) is 2.69. The Hall–Kier alpha value is -2.08. The van der Waals surface area contributed by atoms with E-state index in [1.165, 1.54) is 19.9 Å². The number of aromatic nitrogens is 1. The third kappa shape index (κ3) is 2.54. The van der Waals surface area contributed by atoms with Crippen molar-refractivity contribution < 1.29 is 19.1 Å². The molecule has 2 aromatic rings. The van der Waals surface area contributed by atoms with Gasteiger partial charge in [-0.3, -0.25) is 0 Å². The quantitative estimate of drug-likeness (QED) is 0.443. The van der Waals surface area contributed by atoms with Gasteiger partial charge in [-0.15, -0.1) is 0 Å². The first kappa shape index (κ1) is 14.8. The molecule has 0 aliphatic carbocycles. The second-order valence-corrected chi connectivity index (χ2v) is 6.51. The van der Waals surface area contributed by atoms with Crippen molar-refractivity contribution in [2.45, 2.75) is 19.6 Å². The predicted molar refractivity (Wildman–Crippen MR) is 84.9 cm³/mol. The predicted octanol–water partition coefficient (Wildman–Crippen LogP) is 3.16. The monoisotopic (exact) mass is 363 g/mol. The SMILES string of the molecule is Cn1cc(C=C2C(=O)OC(C)(C)OC2=O)c2cc(Br)ccc21. The van der Waals surface area contributed by atoms with Gasteiger partial charge in [-0.05, 0) is 24.3 Å². The summed E-state index contributed by atoms with van der Waals surface area (Å²) in [5.41, 5.74) is 1.64. The van der Waals surface area contributed by atoms with Crippen LogP contribution >= 0.6 is 15.9 Å². The van der Waals surface area contributed by atoms with Gasteiger partial charge in [-0.25, -0.2) is 9.59 Å². The molecule has 5 nitrogen and oxygen atoms in total. The van der Waals surface area contributed by atoms with Gasteiger partial charge in [0, 0.05) is 48.0 Å². The number of carbonyl (C=O) groups is 2. The number of cyclic esters (lactones) is 2. The van der Waals surface area contributed by atoms with Crippen LogP contribution in [0.4, 0.5) is 0 Å². The minimum absolute atomic E-state index is 0.105. The number of carbonyl (C=O) groups excluding carboxylic acids is 2. The lowest BCUT2D eigenvalue weighted by Gasteiger charge is -2.29. The minimum Gasteiger partial charge on any atom is -0.419 e. The molecule has 1 aliphatic rings. The Balaban J connectivity index is 2.11. The zero-order chi connectivity index (χ0) is 16.1. The van der Waals surface area contributed by atoms with Crippen LogP contribution in [-0.2, 0) is 26.1 Å². The van der Waals surface area contributed by atoms with Crippen LogP contribution in [0.1, 0.15) is 19.4 Å². The molecular weight excluding hydrogens is 350 g/mol. The molecule has 22 heavy (non-hydrogen) atoms. The van der Waals surface area contributed by atoms with Crippen molar-refractivity contribution in [1.29, 1.82) is 0 Å². The van der Waals surface area contributed by atoms with Gasteiger partial charge in [0.15, 0.2) is 0 Å². The van der Waals surface area contributed by atoms with Crippen LogP contribution in [0.25, 0.3) is 17.0 Å². The number of hydrogen-bond acceptors (Lipinski definition) is 4. The third-order valence-corrected chi connectivity index (χ3v) is 3.89. The highest BCUT2D eigenvalue weighted by Gasteiger charge is 2.38. The molecule has 3 rings (SSSR count). The Morgan fingerprint density at radius 1 is 1.18 bits per heavy atom. The lowest BCUT2D eigenvalue weighted by molar-refractivity contribution is -0.222. The topological polar surface area (TPSA) is 57.5 Å². The molecule has 1 aromatic heterocycles. The summed E-state index contributed by atoms with van der Waals surface area (Å²) in [6, 6.07) is 5.83. The fourth-order valence-corrected chi connectivity index (χ4v) is 2.80. The first-order chi connectivity index (χ1) is 10.3. The molecule has 6 heteroatoms. The highest BCUT2D eigenvalue weighted by Crippen LogP contribution is 2.29. The van der Waals surface area contributed by atoms with Gasteiger partial charge >= 0.3 is 11.9 Å². The summed E-state index contributed by atoms with van der Waals surface area (Å²) >= 11 is 3.43. The largest absolute Gasteiger partial charge is 0.419 e. The Labute approximate surface area is 135 Å². The fraction of sp³-hybridized carbons (Fsp3) is 0.250. The van der Waals surface area contributed by atoms with Gasteiger partial charge in [0.2, 0.25) is 0 Å². The summed E-state index contributed by atoms with van der Waals surface area (Å²) in [5.74, 6) is -2.57. The van der Waals surface area contributed by atoms with E-state index < -0.39 is 17.7 Å². The van der Waals surface area contributed by atoms with Crippen molar-refractivity contribution in [3.63, 3.8) is 0 Å². The van der Waals surface area contributed by atoms with Crippen molar-refractivity contribution in [3.8, 4) is 0 Å². The summed E-state index contributed by atoms with van der Waals surface area (Å²) in [6.45, 7) is 3.04.